The van der Waals surface area contributed by atoms with Gasteiger partial charge in [0.15, 0.2) is 0 Å². The first-order valence-corrected chi connectivity index (χ1v) is 8.48. The largest absolute Gasteiger partial charge is 0.321 e. The van der Waals surface area contributed by atoms with Gasteiger partial charge in [-0.1, -0.05) is 34.1 Å². The number of nitriles is 1. The second kappa shape index (κ2) is 6.91. The van der Waals surface area contributed by atoms with Crippen molar-refractivity contribution < 1.29 is 9.59 Å². The number of benzene rings is 2. The maximum absolute atomic E-state index is 12.8. The van der Waals surface area contributed by atoms with Gasteiger partial charge < -0.3 is 10.2 Å². The van der Waals surface area contributed by atoms with E-state index in [9.17, 15) is 14.9 Å². The number of carbonyl (C=O) groups is 2. The predicted octanol–water partition coefficient (Wildman–Crippen LogP) is 3.73. The molecule has 25 heavy (non-hydrogen) atoms. The molecule has 2 aromatic carbocycles. The van der Waals surface area contributed by atoms with E-state index in [-0.39, 0.29) is 17.1 Å². The van der Waals surface area contributed by atoms with Crippen LogP contribution in [-0.4, -0.2) is 18.4 Å². The molecule has 0 spiro atoms. The first kappa shape index (κ1) is 16.9. The predicted molar refractivity (Wildman–Crippen MR) is 99.8 cm³/mol. The van der Waals surface area contributed by atoms with Crippen LogP contribution in [0.15, 0.2) is 58.6 Å². The number of halogens is 1. The molecule has 5 nitrogen and oxygen atoms in total. The molecule has 0 bridgehead atoms. The second-order valence-electron chi connectivity index (χ2n) is 5.39. The number of carbonyl (C=O) groups excluding carboxylic acids is 2. The molecular weight excluding hydrogens is 382 g/mol. The zero-order valence-electron chi connectivity index (χ0n) is 13.4. The highest BCUT2D eigenvalue weighted by Crippen LogP contribution is 2.39. The number of anilines is 2. The minimum atomic E-state index is -0.596. The van der Waals surface area contributed by atoms with Gasteiger partial charge >= 0.3 is 0 Å². The summed E-state index contributed by atoms with van der Waals surface area (Å²) in [5.41, 5.74) is 1.79. The number of hydrogen-bond acceptors (Lipinski definition) is 3. The minimum Gasteiger partial charge on any atom is -0.321 e. The lowest BCUT2D eigenvalue weighted by Gasteiger charge is -2.13. The van der Waals surface area contributed by atoms with Crippen LogP contribution in [0, 0.1) is 11.3 Å². The van der Waals surface area contributed by atoms with Gasteiger partial charge in [0.2, 0.25) is 0 Å². The Bertz CT molecular complexity index is 929. The molecule has 2 aromatic rings. The Labute approximate surface area is 153 Å². The Kier molecular flexibility index (Phi) is 4.68. The summed E-state index contributed by atoms with van der Waals surface area (Å²) in [6.45, 7) is 2.30. The van der Waals surface area contributed by atoms with Crippen molar-refractivity contribution >= 4 is 44.7 Å². The zero-order valence-corrected chi connectivity index (χ0v) is 15.0. The van der Waals surface area contributed by atoms with Crippen molar-refractivity contribution in [1.82, 2.24) is 0 Å². The van der Waals surface area contributed by atoms with Crippen molar-refractivity contribution in [3.63, 3.8) is 0 Å². The molecule has 2 amide bonds. The molecule has 0 saturated carbocycles. The number of hydrogen-bond donors (Lipinski definition) is 1. The van der Waals surface area contributed by atoms with Gasteiger partial charge in [0.05, 0.1) is 11.3 Å². The van der Waals surface area contributed by atoms with Gasteiger partial charge in [0.25, 0.3) is 11.8 Å². The lowest BCUT2D eigenvalue weighted by molar-refractivity contribution is -0.114. The summed E-state index contributed by atoms with van der Waals surface area (Å²) in [5.74, 6) is -0.934. The molecule has 1 aliphatic rings. The Morgan fingerprint density at radius 3 is 2.60 bits per heavy atom. The average Bonchev–Trinajstić information content (AvgIpc) is 2.88. The lowest BCUT2D eigenvalue weighted by Crippen LogP contribution is -2.27. The van der Waals surface area contributed by atoms with E-state index in [1.165, 1.54) is 0 Å². The van der Waals surface area contributed by atoms with E-state index in [1.807, 2.05) is 25.1 Å². The lowest BCUT2D eigenvalue weighted by atomic mass is 10.0. The van der Waals surface area contributed by atoms with E-state index < -0.39 is 5.91 Å². The summed E-state index contributed by atoms with van der Waals surface area (Å²) in [6.07, 6.45) is 0. The number of likely N-dealkylation sites (N-methyl/N-ethyl adjacent to an activating group) is 1. The third-order valence-electron chi connectivity index (χ3n) is 3.91. The molecule has 0 aliphatic carbocycles. The molecule has 1 heterocycles. The smallest absolute Gasteiger partial charge is 0.267 e. The fraction of sp³-hybridized carbons (Fsp3) is 0.105. The normalized spacial score (nSPS) is 14.8. The van der Waals surface area contributed by atoms with Gasteiger partial charge in [-0.15, -0.1) is 0 Å². The number of nitrogens with zero attached hydrogens (tertiary/aromatic N) is 2. The summed E-state index contributed by atoms with van der Waals surface area (Å²) in [6, 6.07) is 16.1. The Balaban J connectivity index is 2.10. The summed E-state index contributed by atoms with van der Waals surface area (Å²) in [5, 5.41) is 12.2. The fourth-order valence-corrected chi connectivity index (χ4v) is 3.16. The standard InChI is InChI=1S/C19H14BrN3O2/c1-2-23-16-9-8-12(20)10-14(16)17(19(23)25)15(11-21)18(24)22-13-6-4-3-5-7-13/h3-10H,2H2,1H3,(H,22,24)/b17-15+. The van der Waals surface area contributed by atoms with Crippen LogP contribution in [0.5, 0.6) is 0 Å². The molecule has 124 valence electrons. The van der Waals surface area contributed by atoms with Gasteiger partial charge in [-0.25, -0.2) is 0 Å². The van der Waals surface area contributed by atoms with Crippen LogP contribution in [0.2, 0.25) is 0 Å². The quantitative estimate of drug-likeness (QED) is 0.635. The topological polar surface area (TPSA) is 73.2 Å². The van der Waals surface area contributed by atoms with Crippen molar-refractivity contribution in [2.24, 2.45) is 0 Å². The van der Waals surface area contributed by atoms with Crippen molar-refractivity contribution in [3.05, 3.63) is 64.1 Å². The van der Waals surface area contributed by atoms with Crippen LogP contribution >= 0.6 is 15.9 Å². The van der Waals surface area contributed by atoms with Crippen LogP contribution in [0.3, 0.4) is 0 Å². The highest BCUT2D eigenvalue weighted by Gasteiger charge is 2.35. The summed E-state index contributed by atoms with van der Waals surface area (Å²) in [4.78, 5) is 26.9. The first-order valence-electron chi connectivity index (χ1n) is 7.69. The molecule has 0 atom stereocenters. The maximum Gasteiger partial charge on any atom is 0.267 e. The molecule has 6 heteroatoms. The maximum atomic E-state index is 12.8. The zero-order chi connectivity index (χ0) is 18.0. The molecular formula is C19H14BrN3O2. The van der Waals surface area contributed by atoms with Gasteiger partial charge in [-0.05, 0) is 37.3 Å². The van der Waals surface area contributed by atoms with Crippen molar-refractivity contribution in [1.29, 1.82) is 5.26 Å². The molecule has 1 N–H and O–H groups in total. The molecule has 0 radical (unpaired) electrons. The van der Waals surface area contributed by atoms with Crippen LogP contribution in [-0.2, 0) is 9.59 Å². The Hall–Kier alpha value is -2.91. The fourth-order valence-electron chi connectivity index (χ4n) is 2.79. The summed E-state index contributed by atoms with van der Waals surface area (Å²) in [7, 11) is 0. The number of rotatable bonds is 3. The molecule has 0 unspecified atom stereocenters. The van der Waals surface area contributed by atoms with Gasteiger partial charge in [-0.3, -0.25) is 9.59 Å². The van der Waals surface area contributed by atoms with Crippen molar-refractivity contribution in [2.75, 3.05) is 16.8 Å². The van der Waals surface area contributed by atoms with Crippen LogP contribution in [0.4, 0.5) is 11.4 Å². The van der Waals surface area contributed by atoms with E-state index in [1.54, 1.807) is 41.3 Å². The Morgan fingerprint density at radius 2 is 1.96 bits per heavy atom. The minimum absolute atomic E-state index is 0.133. The third-order valence-corrected chi connectivity index (χ3v) is 4.41. The average molecular weight is 396 g/mol. The molecule has 0 aromatic heterocycles. The second-order valence-corrected chi connectivity index (χ2v) is 6.31. The Morgan fingerprint density at radius 1 is 1.24 bits per heavy atom. The molecule has 0 fully saturated rings. The third kappa shape index (κ3) is 3.06. The van der Waals surface area contributed by atoms with E-state index >= 15 is 0 Å². The van der Waals surface area contributed by atoms with E-state index in [2.05, 4.69) is 21.2 Å². The van der Waals surface area contributed by atoms with Gasteiger partial charge in [0, 0.05) is 22.3 Å². The van der Waals surface area contributed by atoms with Gasteiger partial charge in [0.1, 0.15) is 11.6 Å². The summed E-state index contributed by atoms with van der Waals surface area (Å²) < 4.78 is 0.773. The summed E-state index contributed by atoms with van der Waals surface area (Å²) >= 11 is 3.38. The first-order chi connectivity index (χ1) is 12.1. The van der Waals surface area contributed by atoms with E-state index in [0.717, 1.165) is 4.47 Å². The number of amides is 2. The molecule has 3 rings (SSSR count). The highest BCUT2D eigenvalue weighted by atomic mass is 79.9. The number of para-hydroxylation sites is 1. The van der Waals surface area contributed by atoms with Crippen LogP contribution in [0.1, 0.15) is 12.5 Å². The van der Waals surface area contributed by atoms with Crippen LogP contribution in [0.25, 0.3) is 5.57 Å². The van der Waals surface area contributed by atoms with Crippen molar-refractivity contribution in [3.8, 4) is 6.07 Å². The molecule has 0 saturated heterocycles. The van der Waals surface area contributed by atoms with E-state index in [4.69, 9.17) is 0 Å². The van der Waals surface area contributed by atoms with Crippen molar-refractivity contribution in [2.45, 2.75) is 6.92 Å². The SMILES string of the molecule is CCN1C(=O)/C(=C(\C#N)C(=O)Nc2ccccc2)c2cc(Br)ccc21. The van der Waals surface area contributed by atoms with Crippen LogP contribution < -0.4 is 10.2 Å². The monoisotopic (exact) mass is 395 g/mol. The highest BCUT2D eigenvalue weighted by molar-refractivity contribution is 9.10. The number of nitrogens with one attached hydrogen (secondary N) is 1. The number of fused-ring (bicyclic) bond motifs is 1. The van der Waals surface area contributed by atoms with E-state index in [0.29, 0.717) is 23.5 Å². The van der Waals surface area contributed by atoms with Gasteiger partial charge in [-0.2, -0.15) is 5.26 Å². The molecule has 1 aliphatic heterocycles.